The molecule has 0 saturated heterocycles. The number of hydrogen-bond acceptors (Lipinski definition) is 0. The van der Waals surface area contributed by atoms with Gasteiger partial charge in [-0.1, -0.05) is 63.1 Å². The van der Waals surface area contributed by atoms with E-state index in [0.717, 1.165) is 0 Å². The second-order valence-electron chi connectivity index (χ2n) is 4.85. The molecule has 0 rings (SSSR count). The quantitative estimate of drug-likeness (QED) is 0.270. The first-order valence-electron chi connectivity index (χ1n) is 7.86. The van der Waals surface area contributed by atoms with Gasteiger partial charge in [-0.3, -0.25) is 0 Å². The van der Waals surface area contributed by atoms with Crippen LogP contribution in [-0.4, -0.2) is 0 Å². The van der Waals surface area contributed by atoms with Crippen LogP contribution in [0.5, 0.6) is 0 Å². The van der Waals surface area contributed by atoms with Crippen molar-refractivity contribution in [3.05, 3.63) is 36.5 Å². The summed E-state index contributed by atoms with van der Waals surface area (Å²) in [5, 5.41) is 0. The average molecular weight is 248 g/mol. The standard InChI is InChI=1S/C18H32/c1-3-5-7-9-11-13-15-17-18-16-14-12-10-8-6-4-2/h7-10,17-18H,3-6,11-16H2,1-2H3. The minimum Gasteiger partial charge on any atom is -0.0885 e. The van der Waals surface area contributed by atoms with Gasteiger partial charge in [0, 0.05) is 0 Å². The lowest BCUT2D eigenvalue weighted by molar-refractivity contribution is 0.834. The highest BCUT2D eigenvalue weighted by Gasteiger charge is 1.83. The fraction of sp³-hybridized carbons (Fsp3) is 0.667. The molecule has 0 aliphatic carbocycles. The third-order valence-electron chi connectivity index (χ3n) is 2.89. The molecule has 0 N–H and O–H groups in total. The van der Waals surface area contributed by atoms with E-state index in [4.69, 9.17) is 0 Å². The molecule has 0 heterocycles. The van der Waals surface area contributed by atoms with Crippen LogP contribution in [-0.2, 0) is 0 Å². The molecule has 0 fully saturated rings. The highest BCUT2D eigenvalue weighted by Crippen LogP contribution is 2.03. The molecule has 0 aromatic rings. The largest absolute Gasteiger partial charge is 0.0885 e. The van der Waals surface area contributed by atoms with Crippen molar-refractivity contribution in [3.8, 4) is 0 Å². The first kappa shape index (κ1) is 17.2. The zero-order valence-corrected chi connectivity index (χ0v) is 12.5. The molecule has 0 aliphatic heterocycles. The van der Waals surface area contributed by atoms with Gasteiger partial charge in [0.2, 0.25) is 0 Å². The normalized spacial score (nSPS) is 12.3. The van der Waals surface area contributed by atoms with Gasteiger partial charge in [-0.2, -0.15) is 0 Å². The zero-order chi connectivity index (χ0) is 13.3. The number of unbranched alkanes of at least 4 members (excludes halogenated alkanes) is 6. The van der Waals surface area contributed by atoms with Crippen molar-refractivity contribution in [2.24, 2.45) is 0 Å². The minimum absolute atomic E-state index is 1.24. The molecule has 18 heavy (non-hydrogen) atoms. The Balaban J connectivity index is 3.18. The number of allylic oxidation sites excluding steroid dienone is 6. The van der Waals surface area contributed by atoms with E-state index < -0.39 is 0 Å². The van der Waals surface area contributed by atoms with Crippen LogP contribution in [0.15, 0.2) is 36.5 Å². The Morgan fingerprint density at radius 3 is 1.00 bits per heavy atom. The lowest BCUT2D eigenvalue weighted by atomic mass is 10.1. The topological polar surface area (TPSA) is 0 Å². The average Bonchev–Trinajstić information content (AvgIpc) is 2.39. The van der Waals surface area contributed by atoms with Gasteiger partial charge in [-0.25, -0.2) is 0 Å². The molecule has 0 atom stereocenters. The minimum atomic E-state index is 1.24. The first-order valence-corrected chi connectivity index (χ1v) is 7.86. The summed E-state index contributed by atoms with van der Waals surface area (Å²) in [6.07, 6.45) is 26.5. The van der Waals surface area contributed by atoms with E-state index >= 15 is 0 Å². The molecular weight excluding hydrogens is 216 g/mol. The van der Waals surface area contributed by atoms with E-state index in [1.54, 1.807) is 0 Å². The van der Waals surface area contributed by atoms with Gasteiger partial charge in [0.1, 0.15) is 0 Å². The zero-order valence-electron chi connectivity index (χ0n) is 12.5. The third-order valence-corrected chi connectivity index (χ3v) is 2.89. The highest BCUT2D eigenvalue weighted by molar-refractivity contribution is 4.87. The molecule has 0 heteroatoms. The van der Waals surface area contributed by atoms with Crippen molar-refractivity contribution in [1.29, 1.82) is 0 Å². The van der Waals surface area contributed by atoms with Crippen molar-refractivity contribution in [2.75, 3.05) is 0 Å². The molecule has 0 amide bonds. The Morgan fingerprint density at radius 2 is 0.722 bits per heavy atom. The van der Waals surface area contributed by atoms with Crippen molar-refractivity contribution >= 4 is 0 Å². The number of hydrogen-bond donors (Lipinski definition) is 0. The van der Waals surface area contributed by atoms with Crippen LogP contribution in [0.1, 0.15) is 78.1 Å². The summed E-state index contributed by atoms with van der Waals surface area (Å²) >= 11 is 0. The highest BCUT2D eigenvalue weighted by atomic mass is 13.9. The van der Waals surface area contributed by atoms with E-state index in [-0.39, 0.29) is 0 Å². The van der Waals surface area contributed by atoms with E-state index in [1.807, 2.05) is 0 Å². The molecule has 0 nitrogen and oxygen atoms in total. The van der Waals surface area contributed by atoms with Crippen molar-refractivity contribution in [3.63, 3.8) is 0 Å². The van der Waals surface area contributed by atoms with Gasteiger partial charge >= 0.3 is 0 Å². The molecule has 0 spiro atoms. The smallest absolute Gasteiger partial charge is 0.0348 e. The maximum Gasteiger partial charge on any atom is -0.0348 e. The summed E-state index contributed by atoms with van der Waals surface area (Å²) in [5.74, 6) is 0. The Bertz CT molecular complexity index is 196. The maximum absolute atomic E-state index is 2.35. The Hall–Kier alpha value is -0.780. The number of rotatable bonds is 12. The van der Waals surface area contributed by atoms with Crippen LogP contribution >= 0.6 is 0 Å². The Morgan fingerprint density at radius 1 is 0.444 bits per heavy atom. The summed E-state index contributed by atoms with van der Waals surface area (Å²) < 4.78 is 0. The molecule has 0 saturated carbocycles. The van der Waals surface area contributed by atoms with Crippen molar-refractivity contribution in [1.82, 2.24) is 0 Å². The lowest BCUT2D eigenvalue weighted by Gasteiger charge is -1.92. The molecule has 0 radical (unpaired) electrons. The lowest BCUT2D eigenvalue weighted by Crippen LogP contribution is -1.72. The van der Waals surface area contributed by atoms with Crippen LogP contribution in [0.3, 0.4) is 0 Å². The predicted molar refractivity (Wildman–Crippen MR) is 84.9 cm³/mol. The Kier molecular flexibility index (Phi) is 15.5. The van der Waals surface area contributed by atoms with Gasteiger partial charge in [-0.05, 0) is 51.4 Å². The van der Waals surface area contributed by atoms with Crippen LogP contribution in [0.4, 0.5) is 0 Å². The first-order chi connectivity index (χ1) is 8.91. The van der Waals surface area contributed by atoms with Crippen molar-refractivity contribution < 1.29 is 0 Å². The monoisotopic (exact) mass is 248 g/mol. The van der Waals surface area contributed by atoms with E-state index in [0.29, 0.717) is 0 Å². The van der Waals surface area contributed by atoms with Crippen LogP contribution < -0.4 is 0 Å². The fourth-order valence-corrected chi connectivity index (χ4v) is 1.75. The van der Waals surface area contributed by atoms with Gasteiger partial charge in [0.15, 0.2) is 0 Å². The predicted octanol–water partition coefficient (Wildman–Crippen LogP) is 6.60. The fourth-order valence-electron chi connectivity index (χ4n) is 1.75. The van der Waals surface area contributed by atoms with Gasteiger partial charge < -0.3 is 0 Å². The maximum atomic E-state index is 2.35. The molecule has 0 unspecified atom stereocenters. The summed E-state index contributed by atoms with van der Waals surface area (Å²) in [6, 6.07) is 0. The Labute approximate surface area is 115 Å². The molecular formula is C18H32. The summed E-state index contributed by atoms with van der Waals surface area (Å²) in [6.45, 7) is 4.45. The molecule has 0 bridgehead atoms. The SMILES string of the molecule is CCCC=CCCCC=CCCCC=CCCC. The van der Waals surface area contributed by atoms with Gasteiger partial charge in [0.25, 0.3) is 0 Å². The second kappa shape index (κ2) is 16.2. The van der Waals surface area contributed by atoms with E-state index in [9.17, 15) is 0 Å². The molecule has 104 valence electrons. The molecule has 0 aromatic heterocycles. The summed E-state index contributed by atoms with van der Waals surface area (Å²) in [4.78, 5) is 0. The van der Waals surface area contributed by atoms with Crippen LogP contribution in [0.2, 0.25) is 0 Å². The van der Waals surface area contributed by atoms with Gasteiger partial charge in [-0.15, -0.1) is 0 Å². The van der Waals surface area contributed by atoms with E-state index in [2.05, 4.69) is 50.3 Å². The van der Waals surface area contributed by atoms with Crippen LogP contribution in [0, 0.1) is 0 Å². The van der Waals surface area contributed by atoms with Crippen LogP contribution in [0.25, 0.3) is 0 Å². The third kappa shape index (κ3) is 15.2. The van der Waals surface area contributed by atoms with Crippen molar-refractivity contribution in [2.45, 2.75) is 78.1 Å². The molecule has 0 aromatic carbocycles. The summed E-state index contributed by atoms with van der Waals surface area (Å²) in [5.41, 5.74) is 0. The van der Waals surface area contributed by atoms with E-state index in [1.165, 1.54) is 64.2 Å². The molecule has 0 aliphatic rings. The second-order valence-corrected chi connectivity index (χ2v) is 4.85. The van der Waals surface area contributed by atoms with Gasteiger partial charge in [0.05, 0.1) is 0 Å². The summed E-state index contributed by atoms with van der Waals surface area (Å²) in [7, 11) is 0.